The Bertz CT molecular complexity index is 667. The largest absolute Gasteiger partial charge is 0.478 e. The highest BCUT2D eigenvalue weighted by Crippen LogP contribution is 2.15. The molecule has 0 saturated carbocycles. The van der Waals surface area contributed by atoms with E-state index in [1.165, 1.54) is 18.2 Å². The first-order valence-corrected chi connectivity index (χ1v) is 4.64. The van der Waals surface area contributed by atoms with Crippen LogP contribution in [0.4, 0.5) is 0 Å². The van der Waals surface area contributed by atoms with Crippen molar-refractivity contribution in [2.45, 2.75) is 6.54 Å². The lowest BCUT2D eigenvalue weighted by Gasteiger charge is -1.98. The maximum absolute atomic E-state index is 11.4. The van der Waals surface area contributed by atoms with Gasteiger partial charge in [0.25, 0.3) is 0 Å². The number of benzene rings is 1. The summed E-state index contributed by atoms with van der Waals surface area (Å²) in [4.78, 5) is 33.0. The van der Waals surface area contributed by atoms with Gasteiger partial charge in [-0.3, -0.25) is 9.36 Å². The molecule has 0 aliphatic rings. The summed E-state index contributed by atoms with van der Waals surface area (Å²) in [7, 11) is 0. The number of aromatic nitrogens is 1. The van der Waals surface area contributed by atoms with E-state index in [1.54, 1.807) is 0 Å². The SMILES string of the molecule is NC(=O)Cn1c(=O)oc2ccc(C(=O)O)cc21. The van der Waals surface area contributed by atoms with Crippen molar-refractivity contribution in [3.05, 3.63) is 34.3 Å². The molecule has 17 heavy (non-hydrogen) atoms. The van der Waals surface area contributed by atoms with E-state index in [2.05, 4.69) is 0 Å². The minimum absolute atomic E-state index is 0.00322. The third kappa shape index (κ3) is 1.89. The van der Waals surface area contributed by atoms with Crippen LogP contribution in [0.5, 0.6) is 0 Å². The van der Waals surface area contributed by atoms with E-state index in [9.17, 15) is 14.4 Å². The molecule has 0 fully saturated rings. The molecule has 7 heteroatoms. The van der Waals surface area contributed by atoms with Gasteiger partial charge in [0, 0.05) is 0 Å². The van der Waals surface area contributed by atoms with E-state index in [0.717, 1.165) is 4.57 Å². The van der Waals surface area contributed by atoms with Gasteiger partial charge in [0.1, 0.15) is 6.54 Å². The van der Waals surface area contributed by atoms with Gasteiger partial charge >= 0.3 is 11.7 Å². The molecule has 2 aromatic rings. The van der Waals surface area contributed by atoms with Crippen molar-refractivity contribution in [2.24, 2.45) is 5.73 Å². The van der Waals surface area contributed by atoms with Gasteiger partial charge in [-0.15, -0.1) is 0 Å². The first kappa shape index (κ1) is 10.9. The number of aromatic carboxylic acids is 1. The summed E-state index contributed by atoms with van der Waals surface area (Å²) >= 11 is 0. The number of nitrogens with two attached hydrogens (primary N) is 1. The molecule has 1 aromatic carbocycles. The summed E-state index contributed by atoms with van der Waals surface area (Å²) in [5, 5.41) is 8.81. The van der Waals surface area contributed by atoms with Crippen LogP contribution in [-0.4, -0.2) is 21.6 Å². The molecule has 0 aliphatic heterocycles. The zero-order valence-electron chi connectivity index (χ0n) is 8.54. The number of carboxylic acids is 1. The molecular weight excluding hydrogens is 228 g/mol. The lowest BCUT2D eigenvalue weighted by Crippen LogP contribution is -2.25. The van der Waals surface area contributed by atoms with Crippen molar-refractivity contribution >= 4 is 23.0 Å². The van der Waals surface area contributed by atoms with Crippen molar-refractivity contribution in [3.8, 4) is 0 Å². The standard InChI is InChI=1S/C10H8N2O5/c11-8(13)4-12-6-3-5(9(14)15)1-2-7(6)17-10(12)16/h1-3H,4H2,(H2,11,13)(H,14,15). The van der Waals surface area contributed by atoms with Crippen molar-refractivity contribution in [3.63, 3.8) is 0 Å². The third-order valence-corrected chi connectivity index (χ3v) is 2.23. The van der Waals surface area contributed by atoms with Crippen molar-refractivity contribution in [1.82, 2.24) is 4.57 Å². The van der Waals surface area contributed by atoms with Crippen molar-refractivity contribution < 1.29 is 19.1 Å². The first-order chi connectivity index (χ1) is 7.99. The lowest BCUT2D eigenvalue weighted by atomic mass is 10.2. The number of rotatable bonds is 3. The molecule has 0 unspecified atom stereocenters. The van der Waals surface area contributed by atoms with E-state index in [4.69, 9.17) is 15.3 Å². The van der Waals surface area contributed by atoms with Crippen LogP contribution in [0.3, 0.4) is 0 Å². The zero-order chi connectivity index (χ0) is 12.6. The fraction of sp³-hybridized carbons (Fsp3) is 0.100. The molecule has 0 aliphatic carbocycles. The Morgan fingerprint density at radius 1 is 1.41 bits per heavy atom. The third-order valence-electron chi connectivity index (χ3n) is 2.23. The smallest absolute Gasteiger partial charge is 0.420 e. The maximum Gasteiger partial charge on any atom is 0.420 e. The normalized spacial score (nSPS) is 10.6. The van der Waals surface area contributed by atoms with Gasteiger partial charge in [0.15, 0.2) is 5.58 Å². The molecule has 1 amide bonds. The molecule has 88 valence electrons. The van der Waals surface area contributed by atoms with Crippen LogP contribution in [-0.2, 0) is 11.3 Å². The van der Waals surface area contributed by atoms with Crippen LogP contribution in [0.25, 0.3) is 11.1 Å². The van der Waals surface area contributed by atoms with E-state index in [0.29, 0.717) is 0 Å². The monoisotopic (exact) mass is 236 g/mol. The molecule has 0 bridgehead atoms. The number of nitrogens with zero attached hydrogens (tertiary/aromatic N) is 1. The predicted octanol–water partition coefficient (Wildman–Crippen LogP) is -0.222. The van der Waals surface area contributed by atoms with Crippen LogP contribution in [0.1, 0.15) is 10.4 Å². The van der Waals surface area contributed by atoms with Gasteiger partial charge < -0.3 is 15.3 Å². The van der Waals surface area contributed by atoms with E-state index < -0.39 is 17.6 Å². The Labute approximate surface area is 94.1 Å². The fourth-order valence-electron chi connectivity index (χ4n) is 1.50. The summed E-state index contributed by atoms with van der Waals surface area (Å²) in [6.45, 7) is -0.352. The van der Waals surface area contributed by atoms with Crippen LogP contribution in [0, 0.1) is 0 Å². The number of carboxylic acid groups (broad SMARTS) is 1. The number of carbonyl (C=O) groups excluding carboxylic acids is 1. The van der Waals surface area contributed by atoms with Gasteiger partial charge in [-0.05, 0) is 18.2 Å². The number of hydrogen-bond donors (Lipinski definition) is 2. The summed E-state index contributed by atoms with van der Waals surface area (Å²) in [5.74, 6) is -2.59. The zero-order valence-corrected chi connectivity index (χ0v) is 8.54. The maximum atomic E-state index is 11.4. The molecule has 1 heterocycles. The highest BCUT2D eigenvalue weighted by atomic mass is 16.4. The second-order valence-corrected chi connectivity index (χ2v) is 3.41. The molecule has 0 spiro atoms. The average Bonchev–Trinajstić information content (AvgIpc) is 2.54. The lowest BCUT2D eigenvalue weighted by molar-refractivity contribution is -0.118. The number of amides is 1. The van der Waals surface area contributed by atoms with Crippen LogP contribution < -0.4 is 11.5 Å². The molecular formula is C10H8N2O5. The Balaban J connectivity index is 2.69. The molecule has 1 aromatic heterocycles. The first-order valence-electron chi connectivity index (χ1n) is 4.64. The van der Waals surface area contributed by atoms with E-state index >= 15 is 0 Å². The van der Waals surface area contributed by atoms with Crippen LogP contribution in [0.15, 0.2) is 27.4 Å². The second-order valence-electron chi connectivity index (χ2n) is 3.41. The number of primary amides is 1. The minimum Gasteiger partial charge on any atom is -0.478 e. The summed E-state index contributed by atoms with van der Waals surface area (Å²) in [6, 6.07) is 3.92. The van der Waals surface area contributed by atoms with Crippen molar-refractivity contribution in [1.29, 1.82) is 0 Å². The quantitative estimate of drug-likeness (QED) is 0.764. The topological polar surface area (TPSA) is 116 Å². The van der Waals surface area contributed by atoms with Crippen LogP contribution in [0.2, 0.25) is 0 Å². The highest BCUT2D eigenvalue weighted by Gasteiger charge is 2.13. The van der Waals surface area contributed by atoms with Crippen LogP contribution >= 0.6 is 0 Å². The summed E-state index contributed by atoms with van der Waals surface area (Å²) < 4.78 is 5.83. The predicted molar refractivity (Wildman–Crippen MR) is 56.6 cm³/mol. The van der Waals surface area contributed by atoms with E-state index in [-0.39, 0.29) is 23.2 Å². The molecule has 3 N–H and O–H groups in total. The Morgan fingerprint density at radius 3 is 2.71 bits per heavy atom. The molecule has 2 rings (SSSR count). The van der Waals surface area contributed by atoms with E-state index in [1.807, 2.05) is 0 Å². The Hall–Kier alpha value is -2.57. The summed E-state index contributed by atoms with van der Waals surface area (Å²) in [5.41, 5.74) is 5.42. The average molecular weight is 236 g/mol. The van der Waals surface area contributed by atoms with Gasteiger partial charge in [0.05, 0.1) is 11.1 Å². The Kier molecular flexibility index (Phi) is 2.43. The van der Waals surface area contributed by atoms with Gasteiger partial charge in [-0.2, -0.15) is 0 Å². The number of oxazole rings is 1. The fourth-order valence-corrected chi connectivity index (χ4v) is 1.50. The molecule has 0 saturated heterocycles. The number of hydrogen-bond acceptors (Lipinski definition) is 4. The molecule has 7 nitrogen and oxygen atoms in total. The molecule has 0 radical (unpaired) electrons. The van der Waals surface area contributed by atoms with Crippen molar-refractivity contribution in [2.75, 3.05) is 0 Å². The second kappa shape index (κ2) is 3.78. The number of carbonyl (C=O) groups is 2. The highest BCUT2D eigenvalue weighted by molar-refractivity contribution is 5.92. The Morgan fingerprint density at radius 2 is 2.12 bits per heavy atom. The minimum atomic E-state index is -1.13. The number of fused-ring (bicyclic) bond motifs is 1. The van der Waals surface area contributed by atoms with Gasteiger partial charge in [0.2, 0.25) is 5.91 Å². The van der Waals surface area contributed by atoms with Gasteiger partial charge in [-0.1, -0.05) is 0 Å². The van der Waals surface area contributed by atoms with Gasteiger partial charge in [-0.25, -0.2) is 9.59 Å². The summed E-state index contributed by atoms with van der Waals surface area (Å²) in [6.07, 6.45) is 0. The molecule has 0 atom stereocenters.